The van der Waals surface area contributed by atoms with Crippen LogP contribution in [0.2, 0.25) is 0 Å². The van der Waals surface area contributed by atoms with Gasteiger partial charge in [0.1, 0.15) is 0 Å². The third-order valence-corrected chi connectivity index (χ3v) is 4.08. The number of amides is 1. The lowest BCUT2D eigenvalue weighted by molar-refractivity contribution is 0.102. The first-order valence-corrected chi connectivity index (χ1v) is 9.17. The molecule has 0 saturated carbocycles. The van der Waals surface area contributed by atoms with Crippen LogP contribution in [-0.4, -0.2) is 25.0 Å². The maximum Gasteiger partial charge on any atom is 0.257 e. The van der Waals surface area contributed by atoms with Crippen molar-refractivity contribution in [1.29, 1.82) is 0 Å². The molecule has 1 amide bonds. The molecule has 124 valence electrons. The van der Waals surface area contributed by atoms with E-state index in [-0.39, 0.29) is 5.91 Å². The van der Waals surface area contributed by atoms with E-state index < -0.39 is 10.0 Å². The topological polar surface area (TPSA) is 79.7 Å². The van der Waals surface area contributed by atoms with E-state index in [9.17, 15) is 13.2 Å². The average Bonchev–Trinajstić information content (AvgIpc) is 2.93. The molecule has 0 radical (unpaired) electrons. The molecule has 7 heteroatoms. The molecule has 0 fully saturated rings. The first kappa shape index (κ1) is 16.1. The van der Waals surface area contributed by atoms with E-state index >= 15 is 0 Å². The number of fused-ring (bicyclic) bond motifs is 1. The highest BCUT2D eigenvalue weighted by atomic mass is 32.2. The number of nitrogens with one attached hydrogen (secondary N) is 2. The van der Waals surface area contributed by atoms with Gasteiger partial charge in [0, 0.05) is 17.9 Å². The molecule has 0 spiro atoms. The van der Waals surface area contributed by atoms with Gasteiger partial charge < -0.3 is 9.72 Å². The Kier molecular flexibility index (Phi) is 4.02. The summed E-state index contributed by atoms with van der Waals surface area (Å²) in [6.07, 6.45) is 4.65. The van der Waals surface area contributed by atoms with Crippen LogP contribution in [0.1, 0.15) is 15.9 Å². The van der Waals surface area contributed by atoms with Crippen LogP contribution in [0.5, 0.6) is 0 Å². The van der Waals surface area contributed by atoms with Crippen molar-refractivity contribution in [2.75, 3.05) is 16.3 Å². The molecule has 1 aromatic carbocycles. The number of carbonyl (C=O) groups excluding carboxylic acids is 1. The monoisotopic (exact) mass is 343 g/mol. The summed E-state index contributed by atoms with van der Waals surface area (Å²) in [4.78, 5) is 12.5. The third kappa shape index (κ3) is 3.57. The number of hydrogen-bond donors (Lipinski definition) is 2. The predicted molar refractivity (Wildman–Crippen MR) is 95.0 cm³/mol. The zero-order chi connectivity index (χ0) is 17.3. The molecule has 0 aliphatic heterocycles. The van der Waals surface area contributed by atoms with Crippen molar-refractivity contribution < 1.29 is 13.2 Å². The second kappa shape index (κ2) is 6.01. The molecule has 24 heavy (non-hydrogen) atoms. The van der Waals surface area contributed by atoms with Gasteiger partial charge in [-0.3, -0.25) is 9.52 Å². The van der Waals surface area contributed by atoms with Crippen molar-refractivity contribution in [2.24, 2.45) is 0 Å². The Morgan fingerprint density at radius 1 is 1.08 bits per heavy atom. The molecule has 6 nitrogen and oxygen atoms in total. The lowest BCUT2D eigenvalue weighted by Gasteiger charge is -2.12. The molecular formula is C17H17N3O3S. The zero-order valence-electron chi connectivity index (χ0n) is 13.3. The van der Waals surface area contributed by atoms with Crippen molar-refractivity contribution >= 4 is 32.8 Å². The fraction of sp³-hybridized carbons (Fsp3) is 0.118. The Bertz CT molecular complexity index is 989. The SMILES string of the molecule is Cc1ccc(NS(C)(=O)=O)c(NC(=O)c2cc3ccccn3c2)c1. The normalized spacial score (nSPS) is 11.4. The second-order valence-corrected chi connectivity index (χ2v) is 7.39. The molecule has 0 aliphatic carbocycles. The maximum absolute atomic E-state index is 12.5. The number of sulfonamides is 1. The quantitative estimate of drug-likeness (QED) is 0.764. The predicted octanol–water partition coefficient (Wildman–Crippen LogP) is 2.87. The number of carbonyl (C=O) groups is 1. The number of pyridine rings is 1. The van der Waals surface area contributed by atoms with Crippen LogP contribution >= 0.6 is 0 Å². The maximum atomic E-state index is 12.5. The molecule has 0 unspecified atom stereocenters. The van der Waals surface area contributed by atoms with Gasteiger partial charge in [0.05, 0.1) is 23.2 Å². The van der Waals surface area contributed by atoms with Gasteiger partial charge in [0.25, 0.3) is 5.91 Å². The molecule has 0 saturated heterocycles. The highest BCUT2D eigenvalue weighted by molar-refractivity contribution is 7.92. The fourth-order valence-corrected chi connectivity index (χ4v) is 3.00. The largest absolute Gasteiger partial charge is 0.323 e. The highest BCUT2D eigenvalue weighted by Crippen LogP contribution is 2.25. The van der Waals surface area contributed by atoms with E-state index in [1.165, 1.54) is 0 Å². The third-order valence-electron chi connectivity index (χ3n) is 3.49. The van der Waals surface area contributed by atoms with E-state index in [1.807, 2.05) is 35.7 Å². The summed E-state index contributed by atoms with van der Waals surface area (Å²) in [7, 11) is -3.44. The summed E-state index contributed by atoms with van der Waals surface area (Å²) < 4.78 is 27.2. The summed E-state index contributed by atoms with van der Waals surface area (Å²) in [6.45, 7) is 1.87. The van der Waals surface area contributed by atoms with Crippen LogP contribution < -0.4 is 10.0 Å². The molecule has 2 aromatic heterocycles. The first-order chi connectivity index (χ1) is 11.3. The minimum atomic E-state index is -3.44. The van der Waals surface area contributed by atoms with Crippen molar-refractivity contribution in [1.82, 2.24) is 4.40 Å². The van der Waals surface area contributed by atoms with Gasteiger partial charge in [0.2, 0.25) is 10.0 Å². The average molecular weight is 343 g/mol. The number of anilines is 2. The number of benzene rings is 1. The minimum absolute atomic E-state index is 0.305. The number of nitrogens with zero attached hydrogens (tertiary/aromatic N) is 1. The van der Waals surface area contributed by atoms with Gasteiger partial charge in [-0.2, -0.15) is 0 Å². The number of rotatable bonds is 4. The van der Waals surface area contributed by atoms with Crippen molar-refractivity contribution in [2.45, 2.75) is 6.92 Å². The van der Waals surface area contributed by atoms with Gasteiger partial charge in [-0.1, -0.05) is 12.1 Å². The van der Waals surface area contributed by atoms with Crippen molar-refractivity contribution in [3.05, 3.63) is 66.0 Å². The van der Waals surface area contributed by atoms with Gasteiger partial charge in [0.15, 0.2) is 0 Å². The van der Waals surface area contributed by atoms with Gasteiger partial charge in [-0.25, -0.2) is 8.42 Å². The molecule has 3 rings (SSSR count). The Labute approximate surface area is 140 Å². The summed E-state index contributed by atoms with van der Waals surface area (Å²) in [5.41, 5.74) is 3.06. The smallest absolute Gasteiger partial charge is 0.257 e. The first-order valence-electron chi connectivity index (χ1n) is 7.28. The van der Waals surface area contributed by atoms with E-state index in [4.69, 9.17) is 0 Å². The van der Waals surface area contributed by atoms with E-state index in [1.54, 1.807) is 30.5 Å². The van der Waals surface area contributed by atoms with E-state index in [0.29, 0.717) is 16.9 Å². The summed E-state index contributed by atoms with van der Waals surface area (Å²) in [5, 5.41) is 2.77. The number of aromatic nitrogens is 1. The molecule has 3 aromatic rings. The fourth-order valence-electron chi connectivity index (χ4n) is 2.42. The number of hydrogen-bond acceptors (Lipinski definition) is 3. The van der Waals surface area contributed by atoms with Crippen LogP contribution in [0, 0.1) is 6.92 Å². The highest BCUT2D eigenvalue weighted by Gasteiger charge is 2.13. The van der Waals surface area contributed by atoms with Gasteiger partial charge >= 0.3 is 0 Å². The van der Waals surface area contributed by atoms with Crippen LogP contribution in [0.25, 0.3) is 5.52 Å². The molecule has 2 N–H and O–H groups in total. The molecule has 0 bridgehead atoms. The van der Waals surface area contributed by atoms with Crippen molar-refractivity contribution in [3.63, 3.8) is 0 Å². The van der Waals surface area contributed by atoms with E-state index in [0.717, 1.165) is 17.3 Å². The molecule has 2 heterocycles. The molecule has 0 atom stereocenters. The zero-order valence-corrected chi connectivity index (χ0v) is 14.1. The Morgan fingerprint density at radius 2 is 1.88 bits per heavy atom. The lowest BCUT2D eigenvalue weighted by atomic mass is 10.2. The second-order valence-electron chi connectivity index (χ2n) is 5.64. The van der Waals surface area contributed by atoms with Crippen LogP contribution in [0.15, 0.2) is 54.9 Å². The van der Waals surface area contributed by atoms with Crippen LogP contribution in [0.3, 0.4) is 0 Å². The molecule has 0 aliphatic rings. The summed E-state index contributed by atoms with van der Waals surface area (Å²) in [5.74, 6) is -0.305. The van der Waals surface area contributed by atoms with Crippen molar-refractivity contribution in [3.8, 4) is 0 Å². The Balaban J connectivity index is 1.92. The van der Waals surface area contributed by atoms with Crippen LogP contribution in [0.4, 0.5) is 11.4 Å². The summed E-state index contributed by atoms with van der Waals surface area (Å²) in [6, 6.07) is 12.6. The summed E-state index contributed by atoms with van der Waals surface area (Å²) >= 11 is 0. The Hall–Kier alpha value is -2.80. The van der Waals surface area contributed by atoms with Gasteiger partial charge in [-0.15, -0.1) is 0 Å². The lowest BCUT2D eigenvalue weighted by Crippen LogP contribution is -2.15. The minimum Gasteiger partial charge on any atom is -0.323 e. The standard InChI is InChI=1S/C17H17N3O3S/c1-12-6-7-15(19-24(2,22)23)16(9-12)18-17(21)13-10-14-5-3-4-8-20(14)11-13/h3-11,19H,1-2H3,(H,18,21). The Morgan fingerprint density at radius 3 is 2.58 bits per heavy atom. The number of aryl methyl sites for hydroxylation is 1. The van der Waals surface area contributed by atoms with Crippen LogP contribution in [-0.2, 0) is 10.0 Å². The van der Waals surface area contributed by atoms with Gasteiger partial charge in [-0.05, 0) is 42.8 Å². The van der Waals surface area contributed by atoms with E-state index in [2.05, 4.69) is 10.0 Å². The molecular weight excluding hydrogens is 326 g/mol.